The van der Waals surface area contributed by atoms with Gasteiger partial charge in [0.2, 0.25) is 0 Å². The molecule has 0 radical (unpaired) electrons. The van der Waals surface area contributed by atoms with Gasteiger partial charge in [-0.1, -0.05) is 13.0 Å². The minimum Gasteiger partial charge on any atom is -0.374 e. The molecule has 0 saturated heterocycles. The van der Waals surface area contributed by atoms with E-state index in [1.54, 1.807) is 0 Å². The van der Waals surface area contributed by atoms with Crippen LogP contribution in [0.2, 0.25) is 0 Å². The van der Waals surface area contributed by atoms with Crippen molar-refractivity contribution in [1.82, 2.24) is 9.55 Å². The highest BCUT2D eigenvalue weighted by atomic mass is 16.5. The molecule has 4 nitrogen and oxygen atoms in total. The summed E-state index contributed by atoms with van der Waals surface area (Å²) in [6.07, 6.45) is 1.02. The molecule has 0 aliphatic heterocycles. The van der Waals surface area contributed by atoms with Crippen molar-refractivity contribution >= 4 is 11.0 Å². The van der Waals surface area contributed by atoms with E-state index >= 15 is 0 Å². The van der Waals surface area contributed by atoms with Crippen molar-refractivity contribution in [2.24, 2.45) is 5.73 Å². The summed E-state index contributed by atoms with van der Waals surface area (Å²) in [4.78, 5) is 4.74. The fourth-order valence-electron chi connectivity index (χ4n) is 2.46. The minimum absolute atomic E-state index is 0.0239. The summed E-state index contributed by atoms with van der Waals surface area (Å²) in [5.41, 5.74) is 8.94. The van der Waals surface area contributed by atoms with Crippen molar-refractivity contribution in [1.29, 1.82) is 0 Å². The average molecular weight is 275 g/mol. The predicted octanol–water partition coefficient (Wildman–Crippen LogP) is 3.18. The molecule has 2 rings (SSSR count). The number of nitrogens with two attached hydrogens (primary N) is 1. The first-order valence-corrected chi connectivity index (χ1v) is 7.26. The monoisotopic (exact) mass is 275 g/mol. The molecule has 1 heterocycles. The number of imidazole rings is 1. The zero-order valence-electron chi connectivity index (χ0n) is 12.9. The van der Waals surface area contributed by atoms with Gasteiger partial charge in [-0.15, -0.1) is 0 Å². The molecule has 0 fully saturated rings. The van der Waals surface area contributed by atoms with Gasteiger partial charge in [0.25, 0.3) is 0 Å². The zero-order valence-corrected chi connectivity index (χ0v) is 12.9. The SMILES string of the molecule is CCCOCc1nc2cc(CN)ccc2n1C(C)(C)C. The van der Waals surface area contributed by atoms with E-state index in [2.05, 4.69) is 50.5 Å². The Kier molecular flexibility index (Phi) is 4.45. The Morgan fingerprint density at radius 1 is 1.30 bits per heavy atom. The second kappa shape index (κ2) is 5.94. The van der Waals surface area contributed by atoms with Gasteiger partial charge in [-0.05, 0) is 44.9 Å². The maximum absolute atomic E-state index is 5.71. The Hall–Kier alpha value is -1.39. The molecule has 0 amide bonds. The van der Waals surface area contributed by atoms with Crippen molar-refractivity contribution in [2.45, 2.75) is 52.8 Å². The summed E-state index contributed by atoms with van der Waals surface area (Å²) >= 11 is 0. The first-order valence-electron chi connectivity index (χ1n) is 7.26. The lowest BCUT2D eigenvalue weighted by atomic mass is 10.1. The Morgan fingerprint density at radius 2 is 2.05 bits per heavy atom. The van der Waals surface area contributed by atoms with Gasteiger partial charge in [0.15, 0.2) is 0 Å². The van der Waals surface area contributed by atoms with Crippen molar-refractivity contribution in [2.75, 3.05) is 6.61 Å². The summed E-state index contributed by atoms with van der Waals surface area (Å²) in [5, 5.41) is 0. The molecule has 0 spiro atoms. The van der Waals surface area contributed by atoms with Crippen molar-refractivity contribution in [3.05, 3.63) is 29.6 Å². The topological polar surface area (TPSA) is 53.1 Å². The third kappa shape index (κ3) is 3.02. The summed E-state index contributed by atoms with van der Waals surface area (Å²) in [6.45, 7) is 10.5. The van der Waals surface area contributed by atoms with E-state index < -0.39 is 0 Å². The van der Waals surface area contributed by atoms with Gasteiger partial charge < -0.3 is 15.0 Å². The molecule has 4 heteroatoms. The average Bonchev–Trinajstić information content (AvgIpc) is 2.75. The first-order chi connectivity index (χ1) is 9.47. The lowest BCUT2D eigenvalue weighted by molar-refractivity contribution is 0.111. The van der Waals surface area contributed by atoms with E-state index in [-0.39, 0.29) is 5.54 Å². The van der Waals surface area contributed by atoms with Crippen LogP contribution >= 0.6 is 0 Å². The number of rotatable bonds is 5. The number of benzene rings is 1. The van der Waals surface area contributed by atoms with Crippen LogP contribution in [0, 0.1) is 0 Å². The van der Waals surface area contributed by atoms with Crippen LogP contribution in [0.15, 0.2) is 18.2 Å². The maximum Gasteiger partial charge on any atom is 0.136 e. The van der Waals surface area contributed by atoms with Crippen LogP contribution in [-0.2, 0) is 23.4 Å². The van der Waals surface area contributed by atoms with Gasteiger partial charge in [0.05, 0.1) is 11.0 Å². The molecule has 0 unspecified atom stereocenters. The van der Waals surface area contributed by atoms with Gasteiger partial charge >= 0.3 is 0 Å². The number of nitrogens with zero attached hydrogens (tertiary/aromatic N) is 2. The van der Waals surface area contributed by atoms with E-state index in [0.29, 0.717) is 13.2 Å². The molecule has 2 aromatic rings. The van der Waals surface area contributed by atoms with Gasteiger partial charge in [0.1, 0.15) is 12.4 Å². The van der Waals surface area contributed by atoms with Crippen molar-refractivity contribution in [3.63, 3.8) is 0 Å². The maximum atomic E-state index is 5.71. The van der Waals surface area contributed by atoms with Crippen LogP contribution < -0.4 is 5.73 Å². The van der Waals surface area contributed by atoms with Crippen molar-refractivity contribution in [3.8, 4) is 0 Å². The molecule has 20 heavy (non-hydrogen) atoms. The summed E-state index contributed by atoms with van der Waals surface area (Å²) in [5.74, 6) is 0.982. The van der Waals surface area contributed by atoms with Gasteiger partial charge in [-0.2, -0.15) is 0 Å². The standard InChI is InChI=1S/C16H25N3O/c1-5-8-20-11-15-18-13-9-12(10-17)6-7-14(13)19(15)16(2,3)4/h6-7,9H,5,8,10-11,17H2,1-4H3. The highest BCUT2D eigenvalue weighted by Crippen LogP contribution is 2.26. The molecular weight excluding hydrogens is 250 g/mol. The van der Waals surface area contributed by atoms with E-state index in [1.807, 2.05) is 0 Å². The third-order valence-electron chi connectivity index (χ3n) is 3.27. The second-order valence-electron chi connectivity index (χ2n) is 6.11. The normalized spacial score (nSPS) is 12.2. The molecule has 110 valence electrons. The number of hydrogen-bond donors (Lipinski definition) is 1. The summed E-state index contributed by atoms with van der Waals surface area (Å²) in [6, 6.07) is 6.25. The highest BCUT2D eigenvalue weighted by molar-refractivity contribution is 5.77. The highest BCUT2D eigenvalue weighted by Gasteiger charge is 2.21. The van der Waals surface area contributed by atoms with E-state index in [9.17, 15) is 0 Å². The molecule has 1 aromatic heterocycles. The lowest BCUT2D eigenvalue weighted by Gasteiger charge is -2.24. The number of fused-ring (bicyclic) bond motifs is 1. The van der Waals surface area contributed by atoms with Crippen LogP contribution in [0.4, 0.5) is 0 Å². The van der Waals surface area contributed by atoms with Gasteiger partial charge in [-0.3, -0.25) is 0 Å². The van der Waals surface area contributed by atoms with Gasteiger partial charge in [-0.25, -0.2) is 4.98 Å². The van der Waals surface area contributed by atoms with Gasteiger partial charge in [0, 0.05) is 18.7 Å². The fourth-order valence-corrected chi connectivity index (χ4v) is 2.46. The largest absolute Gasteiger partial charge is 0.374 e. The van der Waals surface area contributed by atoms with Crippen LogP contribution in [0.5, 0.6) is 0 Å². The second-order valence-corrected chi connectivity index (χ2v) is 6.11. The number of hydrogen-bond acceptors (Lipinski definition) is 3. The number of aromatic nitrogens is 2. The lowest BCUT2D eigenvalue weighted by Crippen LogP contribution is -2.24. The molecule has 2 N–H and O–H groups in total. The molecular formula is C16H25N3O. The van der Waals surface area contributed by atoms with Crippen LogP contribution in [0.25, 0.3) is 11.0 Å². The van der Waals surface area contributed by atoms with Crippen molar-refractivity contribution < 1.29 is 4.74 Å². The smallest absolute Gasteiger partial charge is 0.136 e. The van der Waals surface area contributed by atoms with Crippen LogP contribution in [0.3, 0.4) is 0 Å². The fraction of sp³-hybridized carbons (Fsp3) is 0.562. The third-order valence-corrected chi connectivity index (χ3v) is 3.27. The Balaban J connectivity index is 2.48. The molecule has 0 aliphatic rings. The Labute approximate surface area is 120 Å². The van der Waals surface area contributed by atoms with Crippen LogP contribution in [0.1, 0.15) is 45.5 Å². The molecule has 0 aliphatic carbocycles. The summed E-state index contributed by atoms with van der Waals surface area (Å²) < 4.78 is 7.94. The molecule has 1 aromatic carbocycles. The van der Waals surface area contributed by atoms with E-state index in [4.69, 9.17) is 15.5 Å². The minimum atomic E-state index is -0.0239. The summed E-state index contributed by atoms with van der Waals surface area (Å²) in [7, 11) is 0. The quantitative estimate of drug-likeness (QED) is 0.853. The first kappa shape index (κ1) is 15.0. The predicted molar refractivity (Wildman–Crippen MR) is 82.6 cm³/mol. The van der Waals surface area contributed by atoms with E-state index in [1.165, 1.54) is 0 Å². The Bertz CT molecular complexity index is 581. The zero-order chi connectivity index (χ0) is 14.8. The molecule has 0 bridgehead atoms. The number of ether oxygens (including phenoxy) is 1. The molecule has 0 atom stereocenters. The Morgan fingerprint density at radius 3 is 2.65 bits per heavy atom. The molecule has 0 saturated carbocycles. The van der Waals surface area contributed by atoms with E-state index in [0.717, 1.165) is 35.4 Å². The van der Waals surface area contributed by atoms with Crippen LogP contribution in [-0.4, -0.2) is 16.2 Å².